The number of likely N-dealkylation sites (N-methyl/N-ethyl adjacent to an activating group) is 1. The minimum absolute atomic E-state index is 0. The predicted octanol–water partition coefficient (Wildman–Crippen LogP) is -0.523. The van der Waals surface area contributed by atoms with Crippen molar-refractivity contribution in [3.8, 4) is 0 Å². The van der Waals surface area contributed by atoms with Gasteiger partial charge in [-0.25, -0.2) is 0 Å². The summed E-state index contributed by atoms with van der Waals surface area (Å²) in [6, 6.07) is 0. The molecule has 0 saturated carbocycles. The number of carbonyl (C=O) groups is 2. The number of hydrogen-bond acceptors (Lipinski definition) is 4. The zero-order chi connectivity index (χ0) is 13.0. The molecule has 0 aromatic carbocycles. The average Bonchev–Trinajstić information content (AvgIpc) is 2.92. The molecule has 2 rings (SSSR count). The van der Waals surface area contributed by atoms with E-state index in [-0.39, 0.29) is 36.9 Å². The van der Waals surface area contributed by atoms with Gasteiger partial charge < -0.3 is 19.9 Å². The van der Waals surface area contributed by atoms with E-state index in [1.54, 1.807) is 11.9 Å². The van der Waals surface area contributed by atoms with Crippen LogP contribution >= 0.6 is 12.4 Å². The summed E-state index contributed by atoms with van der Waals surface area (Å²) < 4.78 is 5.34. The maximum Gasteiger partial charge on any atom is 0.251 e. The van der Waals surface area contributed by atoms with Gasteiger partial charge in [-0.3, -0.25) is 9.59 Å². The maximum atomic E-state index is 12.0. The van der Waals surface area contributed by atoms with Gasteiger partial charge in [0.05, 0.1) is 6.54 Å². The van der Waals surface area contributed by atoms with Crippen LogP contribution in [-0.2, 0) is 14.3 Å². The summed E-state index contributed by atoms with van der Waals surface area (Å²) in [5.74, 6) is -0.0543. The van der Waals surface area contributed by atoms with Crippen molar-refractivity contribution in [2.24, 2.45) is 0 Å². The van der Waals surface area contributed by atoms with Crippen molar-refractivity contribution in [1.29, 1.82) is 0 Å². The van der Waals surface area contributed by atoms with Crippen LogP contribution in [0.4, 0.5) is 0 Å². The number of piperazine rings is 1. The first-order valence-corrected chi connectivity index (χ1v) is 6.53. The lowest BCUT2D eigenvalue weighted by Crippen LogP contribution is -2.50. The Labute approximate surface area is 119 Å². The highest BCUT2D eigenvalue weighted by Gasteiger charge is 2.28. The Hall–Kier alpha value is -0.850. The Morgan fingerprint density at radius 1 is 1.37 bits per heavy atom. The van der Waals surface area contributed by atoms with E-state index in [2.05, 4.69) is 5.32 Å². The Bertz CT molecular complexity index is 315. The summed E-state index contributed by atoms with van der Waals surface area (Å²) in [5, 5.41) is 3.20. The third kappa shape index (κ3) is 4.33. The fraction of sp³-hybridized carbons (Fsp3) is 0.833. The van der Waals surface area contributed by atoms with Gasteiger partial charge in [-0.05, 0) is 12.8 Å². The molecule has 1 atom stereocenters. The molecule has 2 saturated heterocycles. The molecule has 0 aliphatic carbocycles. The fourth-order valence-electron chi connectivity index (χ4n) is 2.31. The molecular formula is C12H22ClN3O3. The fourth-order valence-corrected chi connectivity index (χ4v) is 2.31. The van der Waals surface area contributed by atoms with Crippen LogP contribution in [0.15, 0.2) is 0 Å². The van der Waals surface area contributed by atoms with Gasteiger partial charge in [-0.15, -0.1) is 12.4 Å². The van der Waals surface area contributed by atoms with Gasteiger partial charge in [0.2, 0.25) is 5.91 Å². The Kier molecular flexibility index (Phi) is 6.54. The number of ether oxygens (including phenoxy) is 1. The van der Waals surface area contributed by atoms with Crippen LogP contribution in [0.2, 0.25) is 0 Å². The summed E-state index contributed by atoms with van der Waals surface area (Å²) >= 11 is 0. The first-order valence-electron chi connectivity index (χ1n) is 6.53. The molecule has 19 heavy (non-hydrogen) atoms. The molecule has 2 amide bonds. The van der Waals surface area contributed by atoms with Crippen molar-refractivity contribution in [3.63, 3.8) is 0 Å². The SMILES string of the molecule is CN(CC(=O)N1CCNCC1)C(=O)[C@@H]1CCCO1.Cl. The van der Waals surface area contributed by atoms with Crippen LogP contribution in [0, 0.1) is 0 Å². The standard InChI is InChI=1S/C12H21N3O3.ClH/c1-14(12(17)10-3-2-8-18-10)9-11(16)15-6-4-13-5-7-15;/h10,13H,2-9H2,1H3;1H/t10-;/m0./s1. The number of rotatable bonds is 3. The number of nitrogens with zero attached hydrogens (tertiary/aromatic N) is 2. The molecule has 2 aliphatic heterocycles. The van der Waals surface area contributed by atoms with E-state index < -0.39 is 0 Å². The van der Waals surface area contributed by atoms with E-state index >= 15 is 0 Å². The summed E-state index contributed by atoms with van der Waals surface area (Å²) in [6.07, 6.45) is 1.35. The molecule has 0 bridgehead atoms. The van der Waals surface area contributed by atoms with E-state index in [1.165, 1.54) is 4.90 Å². The molecule has 110 valence electrons. The molecule has 0 aromatic rings. The summed E-state index contributed by atoms with van der Waals surface area (Å²) in [7, 11) is 1.67. The first kappa shape index (κ1) is 16.2. The van der Waals surface area contributed by atoms with E-state index in [9.17, 15) is 9.59 Å². The quantitative estimate of drug-likeness (QED) is 0.760. The minimum atomic E-state index is -0.342. The zero-order valence-electron chi connectivity index (χ0n) is 11.3. The van der Waals surface area contributed by atoms with Gasteiger partial charge in [-0.1, -0.05) is 0 Å². The topological polar surface area (TPSA) is 61.9 Å². The van der Waals surface area contributed by atoms with Gasteiger partial charge >= 0.3 is 0 Å². The second-order valence-electron chi connectivity index (χ2n) is 4.83. The molecule has 2 fully saturated rings. The van der Waals surface area contributed by atoms with Crippen molar-refractivity contribution in [2.75, 3.05) is 46.4 Å². The summed E-state index contributed by atoms with van der Waals surface area (Å²) in [5.41, 5.74) is 0. The van der Waals surface area contributed by atoms with Crippen LogP contribution in [0.5, 0.6) is 0 Å². The predicted molar refractivity (Wildman–Crippen MR) is 73.3 cm³/mol. The molecular weight excluding hydrogens is 270 g/mol. The molecule has 7 heteroatoms. The van der Waals surface area contributed by atoms with E-state index in [0.717, 1.165) is 39.0 Å². The molecule has 6 nitrogen and oxygen atoms in total. The van der Waals surface area contributed by atoms with Gasteiger partial charge in [0.15, 0.2) is 0 Å². The van der Waals surface area contributed by atoms with Crippen LogP contribution in [0.3, 0.4) is 0 Å². The van der Waals surface area contributed by atoms with Crippen LogP contribution in [-0.4, -0.2) is 74.1 Å². The lowest BCUT2D eigenvalue weighted by molar-refractivity contribution is -0.145. The molecule has 0 spiro atoms. The summed E-state index contributed by atoms with van der Waals surface area (Å²) in [6.45, 7) is 3.90. The van der Waals surface area contributed by atoms with Crippen molar-refractivity contribution < 1.29 is 14.3 Å². The third-order valence-corrected chi connectivity index (χ3v) is 3.42. The van der Waals surface area contributed by atoms with Gasteiger partial charge in [0, 0.05) is 39.8 Å². The van der Waals surface area contributed by atoms with Crippen LogP contribution < -0.4 is 5.32 Å². The molecule has 1 N–H and O–H groups in total. The Morgan fingerprint density at radius 2 is 2.05 bits per heavy atom. The molecule has 2 aliphatic rings. The Morgan fingerprint density at radius 3 is 2.63 bits per heavy atom. The monoisotopic (exact) mass is 291 g/mol. The number of hydrogen-bond donors (Lipinski definition) is 1. The van der Waals surface area contributed by atoms with Crippen LogP contribution in [0.25, 0.3) is 0 Å². The van der Waals surface area contributed by atoms with E-state index in [4.69, 9.17) is 4.74 Å². The average molecular weight is 292 g/mol. The Balaban J connectivity index is 0.00000180. The zero-order valence-corrected chi connectivity index (χ0v) is 12.1. The van der Waals surface area contributed by atoms with E-state index in [1.807, 2.05) is 0 Å². The maximum absolute atomic E-state index is 12.0. The normalized spacial score (nSPS) is 22.8. The smallest absolute Gasteiger partial charge is 0.251 e. The van der Waals surface area contributed by atoms with Gasteiger partial charge in [0.25, 0.3) is 5.91 Å². The van der Waals surface area contributed by atoms with Crippen molar-refractivity contribution in [1.82, 2.24) is 15.1 Å². The highest BCUT2D eigenvalue weighted by atomic mass is 35.5. The van der Waals surface area contributed by atoms with Crippen molar-refractivity contribution in [3.05, 3.63) is 0 Å². The minimum Gasteiger partial charge on any atom is -0.368 e. The molecule has 0 unspecified atom stereocenters. The van der Waals surface area contributed by atoms with Crippen LogP contribution in [0.1, 0.15) is 12.8 Å². The highest BCUT2D eigenvalue weighted by Crippen LogP contribution is 2.14. The molecule has 2 heterocycles. The lowest BCUT2D eigenvalue weighted by atomic mass is 10.2. The largest absolute Gasteiger partial charge is 0.368 e. The molecule has 0 aromatic heterocycles. The second kappa shape index (κ2) is 7.67. The highest BCUT2D eigenvalue weighted by molar-refractivity contribution is 5.87. The molecule has 0 radical (unpaired) electrons. The third-order valence-electron chi connectivity index (χ3n) is 3.42. The second-order valence-corrected chi connectivity index (χ2v) is 4.83. The number of nitrogens with one attached hydrogen (secondary N) is 1. The van der Waals surface area contributed by atoms with E-state index in [0.29, 0.717) is 6.61 Å². The lowest BCUT2D eigenvalue weighted by Gasteiger charge is -2.29. The summed E-state index contributed by atoms with van der Waals surface area (Å²) in [4.78, 5) is 27.3. The van der Waals surface area contributed by atoms with Gasteiger partial charge in [0.1, 0.15) is 6.10 Å². The number of amides is 2. The number of halogens is 1. The van der Waals surface area contributed by atoms with Crippen molar-refractivity contribution >= 4 is 24.2 Å². The van der Waals surface area contributed by atoms with Crippen molar-refractivity contribution in [2.45, 2.75) is 18.9 Å². The number of carbonyl (C=O) groups excluding carboxylic acids is 2. The van der Waals surface area contributed by atoms with Gasteiger partial charge in [-0.2, -0.15) is 0 Å². The first-order chi connectivity index (χ1) is 8.68.